The maximum Gasteiger partial charge on any atom is 0.222 e. The summed E-state index contributed by atoms with van der Waals surface area (Å²) in [4.78, 5) is 8.94. The third-order valence-electron chi connectivity index (χ3n) is 3.74. The molecule has 0 aliphatic rings. The van der Waals surface area contributed by atoms with Crippen LogP contribution in [0.4, 0.5) is 11.5 Å². The lowest BCUT2D eigenvalue weighted by Gasteiger charge is -2.19. The number of hydrogen-bond acceptors (Lipinski definition) is 5. The molecule has 24 heavy (non-hydrogen) atoms. The fraction of sp³-hybridized carbons (Fsp3) is 0.444. The number of halogens is 1. The van der Waals surface area contributed by atoms with E-state index in [2.05, 4.69) is 22.2 Å². The van der Waals surface area contributed by atoms with Crippen molar-refractivity contribution in [3.05, 3.63) is 40.2 Å². The lowest BCUT2D eigenvalue weighted by Crippen LogP contribution is -2.22. The Balaban J connectivity index is 2.30. The Morgan fingerprint density at radius 3 is 2.58 bits per heavy atom. The summed E-state index contributed by atoms with van der Waals surface area (Å²) in [7, 11) is 1.67. The number of benzene rings is 1. The van der Waals surface area contributed by atoms with E-state index in [1.165, 1.54) is 0 Å². The third-order valence-corrected chi connectivity index (χ3v) is 3.98. The Morgan fingerprint density at radius 2 is 1.96 bits per heavy atom. The molecule has 0 aliphatic heterocycles. The van der Waals surface area contributed by atoms with Crippen molar-refractivity contribution >= 4 is 23.1 Å². The van der Waals surface area contributed by atoms with Gasteiger partial charge in [0.05, 0.1) is 12.2 Å². The summed E-state index contributed by atoms with van der Waals surface area (Å²) in [6.45, 7) is 8.38. The predicted molar refractivity (Wildman–Crippen MR) is 97.6 cm³/mol. The molecule has 6 heteroatoms. The Bertz CT molecular complexity index is 707. The summed E-state index contributed by atoms with van der Waals surface area (Å²) >= 11 is 6.02. The predicted octanol–water partition coefficient (Wildman–Crippen LogP) is 4.60. The Kier molecular flexibility index (Phi) is 6.40. The Labute approximate surface area is 148 Å². The smallest absolute Gasteiger partial charge is 0.222 e. The van der Waals surface area contributed by atoms with Gasteiger partial charge in [-0.2, -0.15) is 4.98 Å². The molecule has 1 heterocycles. The highest BCUT2D eigenvalue weighted by atomic mass is 35.5. The van der Waals surface area contributed by atoms with Crippen molar-refractivity contribution in [2.75, 3.05) is 19.0 Å². The van der Waals surface area contributed by atoms with E-state index in [4.69, 9.17) is 21.1 Å². The van der Waals surface area contributed by atoms with E-state index >= 15 is 0 Å². The van der Waals surface area contributed by atoms with Crippen molar-refractivity contribution < 1.29 is 9.47 Å². The third kappa shape index (κ3) is 4.58. The topological polar surface area (TPSA) is 56.3 Å². The van der Waals surface area contributed by atoms with Gasteiger partial charge >= 0.3 is 0 Å². The van der Waals surface area contributed by atoms with Gasteiger partial charge in [-0.25, -0.2) is 4.98 Å². The monoisotopic (exact) mass is 349 g/mol. The Hall–Kier alpha value is -1.85. The lowest BCUT2D eigenvalue weighted by atomic mass is 10.2. The largest absolute Gasteiger partial charge is 0.472 e. The summed E-state index contributed by atoms with van der Waals surface area (Å²) < 4.78 is 11.2. The fourth-order valence-electron chi connectivity index (χ4n) is 2.31. The molecule has 1 unspecified atom stereocenters. The molecule has 0 saturated carbocycles. The standard InChI is InChI=1S/C18H24ClN3O2/c1-6-15(10-23-5)24-18-12(3)17(20-13(4)21-18)22-16-8-7-14(19)9-11(16)2/h7-9,15H,6,10H2,1-5H3,(H,20,21,22). The molecule has 1 atom stereocenters. The van der Waals surface area contributed by atoms with Crippen molar-refractivity contribution in [2.24, 2.45) is 0 Å². The highest BCUT2D eigenvalue weighted by molar-refractivity contribution is 6.30. The van der Waals surface area contributed by atoms with E-state index in [0.29, 0.717) is 23.3 Å². The van der Waals surface area contributed by atoms with Gasteiger partial charge in [0.25, 0.3) is 0 Å². The van der Waals surface area contributed by atoms with Crippen LogP contribution >= 0.6 is 11.6 Å². The maximum atomic E-state index is 6.02. The van der Waals surface area contributed by atoms with E-state index in [-0.39, 0.29) is 6.10 Å². The van der Waals surface area contributed by atoms with Crippen LogP contribution < -0.4 is 10.1 Å². The van der Waals surface area contributed by atoms with Gasteiger partial charge in [-0.1, -0.05) is 18.5 Å². The summed E-state index contributed by atoms with van der Waals surface area (Å²) in [5.41, 5.74) is 2.87. The highest BCUT2D eigenvalue weighted by Crippen LogP contribution is 2.28. The van der Waals surface area contributed by atoms with E-state index in [1.54, 1.807) is 7.11 Å². The molecule has 0 aliphatic carbocycles. The van der Waals surface area contributed by atoms with Crippen LogP contribution in [0.1, 0.15) is 30.3 Å². The van der Waals surface area contributed by atoms with Gasteiger partial charge in [-0.15, -0.1) is 0 Å². The molecule has 0 saturated heterocycles. The summed E-state index contributed by atoms with van der Waals surface area (Å²) in [5.74, 6) is 1.97. The van der Waals surface area contributed by atoms with Crippen molar-refractivity contribution in [1.29, 1.82) is 0 Å². The molecule has 2 aromatic rings. The highest BCUT2D eigenvalue weighted by Gasteiger charge is 2.15. The summed E-state index contributed by atoms with van der Waals surface area (Å²) in [6, 6.07) is 5.70. The van der Waals surface area contributed by atoms with Crippen LogP contribution in [0.2, 0.25) is 5.02 Å². The second-order valence-electron chi connectivity index (χ2n) is 5.74. The zero-order valence-electron chi connectivity index (χ0n) is 14.8. The quantitative estimate of drug-likeness (QED) is 0.791. The lowest BCUT2D eigenvalue weighted by molar-refractivity contribution is 0.0750. The molecule has 0 spiro atoms. The van der Waals surface area contributed by atoms with Crippen LogP contribution in [0.5, 0.6) is 5.88 Å². The van der Waals surface area contributed by atoms with Crippen LogP contribution in [0.3, 0.4) is 0 Å². The molecular formula is C18H24ClN3O2. The molecule has 0 bridgehead atoms. The van der Waals surface area contributed by atoms with E-state index < -0.39 is 0 Å². The van der Waals surface area contributed by atoms with Gasteiger partial charge in [0.1, 0.15) is 17.7 Å². The van der Waals surface area contributed by atoms with Gasteiger partial charge in [0.15, 0.2) is 0 Å². The maximum absolute atomic E-state index is 6.02. The van der Waals surface area contributed by atoms with Gasteiger partial charge < -0.3 is 14.8 Å². The van der Waals surface area contributed by atoms with Crippen LogP contribution in [0.15, 0.2) is 18.2 Å². The number of aryl methyl sites for hydroxylation is 2. The van der Waals surface area contributed by atoms with E-state index in [9.17, 15) is 0 Å². The number of methoxy groups -OCH3 is 1. The molecule has 0 radical (unpaired) electrons. The second-order valence-corrected chi connectivity index (χ2v) is 6.17. The molecule has 1 aromatic heterocycles. The van der Waals surface area contributed by atoms with Gasteiger partial charge in [0, 0.05) is 17.8 Å². The molecular weight excluding hydrogens is 326 g/mol. The molecule has 2 rings (SSSR count). The van der Waals surface area contributed by atoms with E-state index in [1.807, 2.05) is 39.0 Å². The van der Waals surface area contributed by atoms with E-state index in [0.717, 1.165) is 29.1 Å². The number of hydrogen-bond donors (Lipinski definition) is 1. The zero-order chi connectivity index (χ0) is 17.7. The average Bonchev–Trinajstić information content (AvgIpc) is 2.53. The minimum Gasteiger partial charge on any atom is -0.472 e. The summed E-state index contributed by atoms with van der Waals surface area (Å²) in [5, 5.41) is 4.06. The average molecular weight is 350 g/mol. The minimum absolute atomic E-state index is 0.0341. The molecule has 1 aromatic carbocycles. The van der Waals surface area contributed by atoms with Crippen molar-refractivity contribution in [3.8, 4) is 5.88 Å². The molecule has 1 N–H and O–H groups in total. The number of ether oxygens (including phenoxy) is 2. The molecule has 0 fully saturated rings. The zero-order valence-corrected chi connectivity index (χ0v) is 15.6. The number of anilines is 2. The number of rotatable bonds is 7. The van der Waals surface area contributed by atoms with Crippen LogP contribution in [-0.4, -0.2) is 29.8 Å². The molecule has 0 amide bonds. The Morgan fingerprint density at radius 1 is 1.21 bits per heavy atom. The number of nitrogens with zero attached hydrogens (tertiary/aromatic N) is 2. The molecule has 5 nitrogen and oxygen atoms in total. The molecule has 130 valence electrons. The second kappa shape index (κ2) is 8.31. The first-order valence-electron chi connectivity index (χ1n) is 7.98. The van der Waals surface area contributed by atoms with Gasteiger partial charge in [0.2, 0.25) is 5.88 Å². The number of nitrogens with one attached hydrogen (secondary N) is 1. The summed E-state index contributed by atoms with van der Waals surface area (Å²) in [6.07, 6.45) is 0.808. The SMILES string of the molecule is CCC(COC)Oc1nc(C)nc(Nc2ccc(Cl)cc2C)c1C. The first-order chi connectivity index (χ1) is 11.4. The van der Waals surface area contributed by atoms with Crippen LogP contribution in [0.25, 0.3) is 0 Å². The number of aromatic nitrogens is 2. The first-order valence-corrected chi connectivity index (χ1v) is 8.36. The van der Waals surface area contributed by atoms with Crippen LogP contribution in [-0.2, 0) is 4.74 Å². The normalized spacial score (nSPS) is 12.1. The van der Waals surface area contributed by atoms with Crippen LogP contribution in [0, 0.1) is 20.8 Å². The van der Waals surface area contributed by atoms with Gasteiger partial charge in [-0.3, -0.25) is 0 Å². The first kappa shape index (κ1) is 18.5. The minimum atomic E-state index is -0.0341. The van der Waals surface area contributed by atoms with Crippen molar-refractivity contribution in [3.63, 3.8) is 0 Å². The van der Waals surface area contributed by atoms with Gasteiger partial charge in [-0.05, 0) is 51.0 Å². The van der Waals surface area contributed by atoms with Crippen molar-refractivity contribution in [2.45, 2.75) is 40.2 Å². The fourth-order valence-corrected chi connectivity index (χ4v) is 2.54. The van der Waals surface area contributed by atoms with Crippen molar-refractivity contribution in [1.82, 2.24) is 9.97 Å².